The smallest absolute Gasteiger partial charge is 0.268 e. The first kappa shape index (κ1) is 13.9. The van der Waals surface area contributed by atoms with E-state index in [9.17, 15) is 4.79 Å². The predicted molar refractivity (Wildman–Crippen MR) is 79.6 cm³/mol. The Hall–Kier alpha value is -1.56. The quantitative estimate of drug-likeness (QED) is 0.834. The molecule has 2 rings (SSSR count). The number of nitrogens with two attached hydrogens (primary N) is 1. The van der Waals surface area contributed by atoms with Gasteiger partial charge in [-0.25, -0.2) is 4.98 Å². The van der Waals surface area contributed by atoms with Crippen LogP contribution in [0.25, 0.3) is 0 Å². The highest BCUT2D eigenvalue weighted by atomic mass is 32.1. The summed E-state index contributed by atoms with van der Waals surface area (Å²) in [6.45, 7) is 7.53. The maximum atomic E-state index is 12.4. The van der Waals surface area contributed by atoms with Gasteiger partial charge in [-0.2, -0.15) is 0 Å². The molecule has 0 radical (unpaired) electrons. The van der Waals surface area contributed by atoms with E-state index in [0.29, 0.717) is 22.4 Å². The molecule has 0 bridgehead atoms. The number of carbonyl (C=O) groups is 1. The Bertz CT molecular complexity index is 507. The van der Waals surface area contributed by atoms with E-state index in [4.69, 9.17) is 5.73 Å². The Labute approximate surface area is 117 Å². The second-order valence-electron chi connectivity index (χ2n) is 5.10. The van der Waals surface area contributed by atoms with E-state index in [-0.39, 0.29) is 11.9 Å². The first-order valence-corrected chi connectivity index (χ1v) is 7.26. The van der Waals surface area contributed by atoms with Gasteiger partial charge < -0.3 is 16.0 Å². The molecule has 19 heavy (non-hydrogen) atoms. The van der Waals surface area contributed by atoms with E-state index in [1.807, 2.05) is 25.7 Å². The lowest BCUT2D eigenvalue weighted by Crippen LogP contribution is -2.35. The number of nitrogens with zero attached hydrogens (tertiary/aromatic N) is 2. The average Bonchev–Trinajstić information content (AvgIpc) is 2.68. The van der Waals surface area contributed by atoms with Gasteiger partial charge in [-0.1, -0.05) is 23.0 Å². The Kier molecular flexibility index (Phi) is 4.09. The van der Waals surface area contributed by atoms with Crippen LogP contribution in [0.15, 0.2) is 11.6 Å². The highest BCUT2D eigenvalue weighted by molar-refractivity contribution is 7.18. The first-order valence-electron chi connectivity index (χ1n) is 6.45. The summed E-state index contributed by atoms with van der Waals surface area (Å²) in [4.78, 5) is 19.0. The van der Waals surface area contributed by atoms with Crippen LogP contribution in [-0.2, 0) is 0 Å². The minimum Gasteiger partial charge on any atom is -0.382 e. The number of amides is 1. The van der Waals surface area contributed by atoms with Gasteiger partial charge in [0.2, 0.25) is 0 Å². The minimum atomic E-state index is -0.0146. The van der Waals surface area contributed by atoms with Gasteiger partial charge in [-0.3, -0.25) is 4.79 Å². The molecule has 3 N–H and O–H groups in total. The van der Waals surface area contributed by atoms with Crippen LogP contribution < -0.4 is 11.1 Å². The molecule has 0 fully saturated rings. The maximum absolute atomic E-state index is 12.4. The van der Waals surface area contributed by atoms with Gasteiger partial charge >= 0.3 is 0 Å². The lowest BCUT2D eigenvalue weighted by molar-refractivity contribution is 0.0771. The number of nitrogens with one attached hydrogen (secondary N) is 1. The number of carbonyl (C=O) groups excluding carboxylic acids is 1. The highest BCUT2D eigenvalue weighted by Crippen LogP contribution is 2.27. The number of hydrogen-bond donors (Lipinski definition) is 2. The molecule has 104 valence electrons. The topological polar surface area (TPSA) is 71.2 Å². The molecule has 0 atom stereocenters. The molecule has 0 aliphatic carbocycles. The third-order valence-electron chi connectivity index (χ3n) is 2.88. The number of hydrogen-bond acceptors (Lipinski definition) is 5. The number of thiazole rings is 1. The van der Waals surface area contributed by atoms with Gasteiger partial charge in [0.25, 0.3) is 5.91 Å². The van der Waals surface area contributed by atoms with Crippen molar-refractivity contribution in [2.45, 2.75) is 33.2 Å². The van der Waals surface area contributed by atoms with E-state index in [2.05, 4.69) is 16.4 Å². The monoisotopic (exact) mass is 280 g/mol. The number of rotatable bonds is 3. The third kappa shape index (κ3) is 3.26. The molecule has 0 saturated carbocycles. The lowest BCUT2D eigenvalue weighted by Gasteiger charge is -2.25. The molecular formula is C13H20N4OS. The van der Waals surface area contributed by atoms with Gasteiger partial charge in [0.15, 0.2) is 5.13 Å². The van der Waals surface area contributed by atoms with Crippen molar-refractivity contribution in [3.8, 4) is 0 Å². The van der Waals surface area contributed by atoms with E-state index < -0.39 is 0 Å². The Balaban J connectivity index is 2.15. The van der Waals surface area contributed by atoms with Crippen LogP contribution in [0.3, 0.4) is 0 Å². The normalized spacial score (nSPS) is 15.6. The molecule has 5 nitrogen and oxygen atoms in total. The number of anilines is 2. The third-order valence-corrected chi connectivity index (χ3v) is 3.87. The van der Waals surface area contributed by atoms with Gasteiger partial charge in [0.05, 0.1) is 0 Å². The van der Waals surface area contributed by atoms with Crippen molar-refractivity contribution in [3.05, 3.63) is 16.5 Å². The summed E-state index contributed by atoms with van der Waals surface area (Å²) in [5.74, 6) is 0.310. The molecule has 0 spiro atoms. The van der Waals surface area contributed by atoms with Crippen molar-refractivity contribution in [2.24, 2.45) is 0 Å². The zero-order valence-corrected chi connectivity index (χ0v) is 12.4. The molecular weight excluding hydrogens is 260 g/mol. The van der Waals surface area contributed by atoms with Crippen LogP contribution in [0.5, 0.6) is 0 Å². The molecule has 0 saturated heterocycles. The van der Waals surface area contributed by atoms with Crippen LogP contribution in [0.4, 0.5) is 10.9 Å². The molecule has 1 aromatic rings. The fraction of sp³-hybridized carbons (Fsp3) is 0.538. The van der Waals surface area contributed by atoms with Crippen LogP contribution in [0.1, 0.15) is 36.9 Å². The zero-order valence-electron chi connectivity index (χ0n) is 11.6. The minimum absolute atomic E-state index is 0.0146. The van der Waals surface area contributed by atoms with E-state index in [1.165, 1.54) is 16.9 Å². The van der Waals surface area contributed by atoms with Gasteiger partial charge in [0, 0.05) is 19.1 Å². The fourth-order valence-electron chi connectivity index (χ4n) is 2.02. The molecule has 0 aromatic carbocycles. The van der Waals surface area contributed by atoms with E-state index in [0.717, 1.165) is 13.0 Å². The molecule has 1 aliphatic rings. The summed E-state index contributed by atoms with van der Waals surface area (Å²) in [6, 6.07) is 0.272. The number of nitrogen functional groups attached to an aromatic ring is 1. The van der Waals surface area contributed by atoms with Crippen LogP contribution in [0.2, 0.25) is 0 Å². The lowest BCUT2D eigenvalue weighted by atomic mass is 10.1. The summed E-state index contributed by atoms with van der Waals surface area (Å²) in [5, 5.41) is 3.89. The second-order valence-corrected chi connectivity index (χ2v) is 6.10. The Morgan fingerprint density at radius 2 is 2.32 bits per heavy atom. The molecule has 6 heteroatoms. The standard InChI is InChI=1S/C13H20N4OS/c1-8(2)15-13-16-11(14)10(19-13)12(18)17-6-4-5-9(3)7-17/h5,8H,4,6-7,14H2,1-3H3,(H,15,16). The van der Waals surface area contributed by atoms with Crippen molar-refractivity contribution in [3.63, 3.8) is 0 Å². The molecule has 1 amide bonds. The second kappa shape index (κ2) is 5.61. The maximum Gasteiger partial charge on any atom is 0.268 e. The average molecular weight is 280 g/mol. The molecule has 1 aromatic heterocycles. The Morgan fingerprint density at radius 1 is 1.58 bits per heavy atom. The van der Waals surface area contributed by atoms with Crippen LogP contribution in [-0.4, -0.2) is 34.9 Å². The summed E-state index contributed by atoms with van der Waals surface area (Å²) < 4.78 is 0. The summed E-state index contributed by atoms with van der Waals surface area (Å²) in [7, 11) is 0. The Morgan fingerprint density at radius 3 is 2.95 bits per heavy atom. The molecule has 0 unspecified atom stereocenters. The zero-order chi connectivity index (χ0) is 14.0. The van der Waals surface area contributed by atoms with Crippen molar-refractivity contribution < 1.29 is 4.79 Å². The predicted octanol–water partition coefficient (Wildman–Crippen LogP) is 2.34. The van der Waals surface area contributed by atoms with Crippen LogP contribution >= 0.6 is 11.3 Å². The fourth-order valence-corrected chi connectivity index (χ4v) is 3.02. The first-order chi connectivity index (χ1) is 8.97. The van der Waals surface area contributed by atoms with Crippen molar-refractivity contribution in [1.29, 1.82) is 0 Å². The summed E-state index contributed by atoms with van der Waals surface area (Å²) >= 11 is 1.33. The van der Waals surface area contributed by atoms with Gasteiger partial charge in [-0.15, -0.1) is 0 Å². The van der Waals surface area contributed by atoms with Gasteiger partial charge in [-0.05, 0) is 27.2 Å². The van der Waals surface area contributed by atoms with E-state index >= 15 is 0 Å². The van der Waals surface area contributed by atoms with E-state index in [1.54, 1.807) is 0 Å². The van der Waals surface area contributed by atoms with Crippen molar-refractivity contribution in [1.82, 2.24) is 9.88 Å². The van der Waals surface area contributed by atoms with Gasteiger partial charge in [0.1, 0.15) is 10.7 Å². The SMILES string of the molecule is CC1=CCCN(C(=O)c2sc(NC(C)C)nc2N)C1. The van der Waals surface area contributed by atoms with Crippen molar-refractivity contribution >= 4 is 28.2 Å². The largest absolute Gasteiger partial charge is 0.382 e. The number of aromatic nitrogens is 1. The molecule has 2 heterocycles. The van der Waals surface area contributed by atoms with Crippen LogP contribution in [0, 0.1) is 0 Å². The summed E-state index contributed by atoms with van der Waals surface area (Å²) in [5.41, 5.74) is 7.08. The highest BCUT2D eigenvalue weighted by Gasteiger charge is 2.23. The summed E-state index contributed by atoms with van der Waals surface area (Å²) in [6.07, 6.45) is 3.08. The molecule has 1 aliphatic heterocycles. The van der Waals surface area contributed by atoms with Crippen molar-refractivity contribution in [2.75, 3.05) is 24.1 Å².